The number of anilines is 1. The van der Waals surface area contributed by atoms with Crippen LogP contribution in [0.1, 0.15) is 30.2 Å². The number of hydrogen-bond donors (Lipinski definition) is 2. The molecule has 0 amide bonds. The molecule has 0 aliphatic rings. The van der Waals surface area contributed by atoms with Gasteiger partial charge in [0.1, 0.15) is 18.2 Å². The van der Waals surface area contributed by atoms with E-state index in [9.17, 15) is 9.18 Å². The fraction of sp³-hybridized carbons (Fsp3) is 0.190. The molecule has 0 bridgehead atoms. The van der Waals surface area contributed by atoms with E-state index in [4.69, 9.17) is 16.3 Å². The van der Waals surface area contributed by atoms with Crippen LogP contribution in [0.15, 0.2) is 58.4 Å². The summed E-state index contributed by atoms with van der Waals surface area (Å²) in [5, 5.41) is 4.42. The lowest BCUT2D eigenvalue weighted by atomic mass is 10.2. The summed E-state index contributed by atoms with van der Waals surface area (Å²) >= 11 is 6.02. The lowest BCUT2D eigenvalue weighted by Crippen LogP contribution is -2.11. The van der Waals surface area contributed by atoms with Crippen molar-refractivity contribution in [2.24, 2.45) is 5.10 Å². The highest BCUT2D eigenvalue weighted by molar-refractivity contribution is 6.31. The van der Waals surface area contributed by atoms with Crippen LogP contribution >= 0.6 is 11.6 Å². The third kappa shape index (κ3) is 5.89. The standard InChI is InChI=1S/C21H20ClFN4O2/c1-2-5-15-11-20(28)26-21(25-15)27-24-12-14-6-3-7-16(10-14)29-13-17-18(22)8-4-9-19(17)23/h3-4,6-12H,2,5,13H2,1H3,(H2,25,26,27,28)/b24-12+. The van der Waals surface area contributed by atoms with Crippen LogP contribution < -0.4 is 15.7 Å². The summed E-state index contributed by atoms with van der Waals surface area (Å²) in [7, 11) is 0. The molecule has 0 aliphatic carbocycles. The molecule has 0 aliphatic heterocycles. The van der Waals surface area contributed by atoms with E-state index in [1.165, 1.54) is 12.1 Å². The monoisotopic (exact) mass is 414 g/mol. The average molecular weight is 415 g/mol. The summed E-state index contributed by atoms with van der Waals surface area (Å²) in [6.45, 7) is 2.03. The fourth-order valence-electron chi connectivity index (χ4n) is 2.62. The summed E-state index contributed by atoms with van der Waals surface area (Å²) in [6.07, 6.45) is 3.17. The molecule has 2 aromatic carbocycles. The molecule has 1 heterocycles. The Labute approximate surface area is 172 Å². The van der Waals surface area contributed by atoms with Crippen molar-refractivity contribution >= 4 is 23.8 Å². The van der Waals surface area contributed by atoms with Gasteiger partial charge in [-0.2, -0.15) is 5.10 Å². The number of rotatable bonds is 8. The Morgan fingerprint density at radius 3 is 2.90 bits per heavy atom. The maximum absolute atomic E-state index is 13.8. The number of nitrogens with one attached hydrogen (secondary N) is 2. The van der Waals surface area contributed by atoms with Crippen molar-refractivity contribution in [2.75, 3.05) is 5.43 Å². The number of hydrazone groups is 1. The van der Waals surface area contributed by atoms with E-state index in [-0.39, 0.29) is 18.1 Å². The predicted octanol–water partition coefficient (Wildman–Crippen LogP) is 4.54. The zero-order valence-corrected chi connectivity index (χ0v) is 16.5. The lowest BCUT2D eigenvalue weighted by Gasteiger charge is -2.09. The molecule has 3 aromatic rings. The maximum atomic E-state index is 13.8. The van der Waals surface area contributed by atoms with E-state index in [1.807, 2.05) is 13.0 Å². The highest BCUT2D eigenvalue weighted by atomic mass is 35.5. The average Bonchev–Trinajstić information content (AvgIpc) is 2.68. The van der Waals surface area contributed by atoms with Crippen molar-refractivity contribution in [1.29, 1.82) is 0 Å². The largest absolute Gasteiger partial charge is 0.489 e. The van der Waals surface area contributed by atoms with Gasteiger partial charge in [0.15, 0.2) is 0 Å². The van der Waals surface area contributed by atoms with E-state index in [2.05, 4.69) is 20.5 Å². The number of aromatic nitrogens is 2. The van der Waals surface area contributed by atoms with Crippen molar-refractivity contribution in [3.05, 3.63) is 86.5 Å². The molecule has 0 radical (unpaired) electrons. The van der Waals surface area contributed by atoms with Crippen molar-refractivity contribution in [2.45, 2.75) is 26.4 Å². The first kappa shape index (κ1) is 20.5. The molecule has 8 heteroatoms. The molecule has 2 N–H and O–H groups in total. The number of halogens is 2. The predicted molar refractivity (Wildman–Crippen MR) is 112 cm³/mol. The molecule has 150 valence electrons. The Morgan fingerprint density at radius 2 is 2.10 bits per heavy atom. The number of ether oxygens (including phenoxy) is 1. The van der Waals surface area contributed by atoms with Crippen LogP contribution in [-0.2, 0) is 13.0 Å². The van der Waals surface area contributed by atoms with Gasteiger partial charge in [-0.1, -0.05) is 43.1 Å². The summed E-state index contributed by atoms with van der Waals surface area (Å²) in [5.41, 5.74) is 4.25. The second kappa shape index (κ2) is 9.84. The highest BCUT2D eigenvalue weighted by Crippen LogP contribution is 2.21. The Balaban J connectivity index is 1.65. The van der Waals surface area contributed by atoms with Gasteiger partial charge >= 0.3 is 0 Å². The first-order valence-electron chi connectivity index (χ1n) is 9.10. The third-order valence-corrected chi connectivity index (χ3v) is 4.34. The molecular weight excluding hydrogens is 395 g/mol. The van der Waals surface area contributed by atoms with E-state index in [1.54, 1.807) is 36.5 Å². The van der Waals surface area contributed by atoms with Crippen molar-refractivity contribution in [3.8, 4) is 5.75 Å². The summed E-state index contributed by atoms with van der Waals surface area (Å²) < 4.78 is 19.5. The van der Waals surface area contributed by atoms with E-state index >= 15 is 0 Å². The van der Waals surface area contributed by atoms with Gasteiger partial charge in [0.05, 0.1) is 11.2 Å². The first-order valence-corrected chi connectivity index (χ1v) is 9.48. The molecule has 0 atom stereocenters. The molecule has 3 rings (SSSR count). The Hall–Kier alpha value is -3.19. The van der Waals surface area contributed by atoms with Crippen LogP contribution in [0, 0.1) is 5.82 Å². The quantitative estimate of drug-likeness (QED) is 0.419. The van der Waals surface area contributed by atoms with Crippen LogP contribution in [0.25, 0.3) is 0 Å². The number of hydrogen-bond acceptors (Lipinski definition) is 5. The Kier molecular flexibility index (Phi) is 6.97. The molecule has 0 unspecified atom stereocenters. The number of nitrogens with zero attached hydrogens (tertiary/aromatic N) is 2. The number of H-pyrrole nitrogens is 1. The molecule has 0 saturated heterocycles. The SMILES string of the molecule is CCCc1cc(=O)[nH]c(N/N=C/c2cccc(OCc3c(F)cccc3Cl)c2)n1. The molecule has 0 fully saturated rings. The second-order valence-corrected chi connectivity index (χ2v) is 6.67. The highest BCUT2D eigenvalue weighted by Gasteiger charge is 2.07. The van der Waals surface area contributed by atoms with E-state index < -0.39 is 5.82 Å². The molecular formula is C21H20ClFN4O2. The van der Waals surface area contributed by atoms with E-state index in [0.717, 1.165) is 12.0 Å². The van der Waals surface area contributed by atoms with E-state index in [0.29, 0.717) is 28.5 Å². The topological polar surface area (TPSA) is 79.4 Å². The van der Waals surface area contributed by atoms with Crippen molar-refractivity contribution in [1.82, 2.24) is 9.97 Å². The molecule has 29 heavy (non-hydrogen) atoms. The second-order valence-electron chi connectivity index (χ2n) is 6.27. The first-order chi connectivity index (χ1) is 14.0. The van der Waals surface area contributed by atoms with Gasteiger partial charge in [-0.25, -0.2) is 14.8 Å². The van der Waals surface area contributed by atoms with Crippen molar-refractivity contribution < 1.29 is 9.13 Å². The van der Waals surface area contributed by atoms with Crippen LogP contribution in [0.4, 0.5) is 10.3 Å². The van der Waals surface area contributed by atoms with Gasteiger partial charge < -0.3 is 4.74 Å². The third-order valence-electron chi connectivity index (χ3n) is 3.99. The fourth-order valence-corrected chi connectivity index (χ4v) is 2.84. The van der Waals surface area contributed by atoms with Crippen LogP contribution in [-0.4, -0.2) is 16.2 Å². The van der Waals surface area contributed by atoms with Gasteiger partial charge in [0, 0.05) is 17.3 Å². The minimum atomic E-state index is -0.411. The molecule has 6 nitrogen and oxygen atoms in total. The Bertz CT molecular complexity index is 1050. The molecule has 1 aromatic heterocycles. The minimum absolute atomic E-state index is 0.0136. The van der Waals surface area contributed by atoms with Gasteiger partial charge in [0.2, 0.25) is 5.95 Å². The number of aryl methyl sites for hydroxylation is 1. The molecule has 0 spiro atoms. The zero-order chi connectivity index (χ0) is 20.6. The van der Waals surface area contributed by atoms with Crippen LogP contribution in [0.5, 0.6) is 5.75 Å². The van der Waals surface area contributed by atoms with Gasteiger partial charge in [0.25, 0.3) is 5.56 Å². The van der Waals surface area contributed by atoms with Crippen LogP contribution in [0.3, 0.4) is 0 Å². The summed E-state index contributed by atoms with van der Waals surface area (Å²) in [4.78, 5) is 18.5. The smallest absolute Gasteiger partial charge is 0.252 e. The Morgan fingerprint density at radius 1 is 1.28 bits per heavy atom. The van der Waals surface area contributed by atoms with Gasteiger partial charge in [-0.15, -0.1) is 0 Å². The summed E-state index contributed by atoms with van der Waals surface area (Å²) in [5.74, 6) is 0.412. The minimum Gasteiger partial charge on any atom is -0.489 e. The number of benzene rings is 2. The van der Waals surface area contributed by atoms with Gasteiger partial charge in [-0.05, 0) is 36.2 Å². The maximum Gasteiger partial charge on any atom is 0.252 e. The van der Waals surface area contributed by atoms with Crippen molar-refractivity contribution in [3.63, 3.8) is 0 Å². The van der Waals surface area contributed by atoms with Gasteiger partial charge in [-0.3, -0.25) is 9.78 Å². The van der Waals surface area contributed by atoms with Crippen LogP contribution in [0.2, 0.25) is 5.02 Å². The zero-order valence-electron chi connectivity index (χ0n) is 15.8. The lowest BCUT2D eigenvalue weighted by molar-refractivity contribution is 0.300. The number of aromatic amines is 1. The normalized spacial score (nSPS) is 11.0. The summed E-state index contributed by atoms with van der Waals surface area (Å²) in [6, 6.07) is 13.1. The molecule has 0 saturated carbocycles.